The monoisotopic (exact) mass is 280 g/mol. The predicted octanol–water partition coefficient (Wildman–Crippen LogP) is 2.73. The number of rotatable bonds is 2. The summed E-state index contributed by atoms with van der Waals surface area (Å²) < 4.78 is 13.6. The second-order valence-electron chi connectivity index (χ2n) is 2.68. The molecule has 0 bridgehead atoms. The molecule has 4 heteroatoms. The molecule has 0 fully saturated rings. The molecule has 1 aromatic heterocycles. The van der Waals surface area contributed by atoms with Gasteiger partial charge in [0.25, 0.3) is 0 Å². The molecule has 2 nitrogen and oxygen atoms in total. The first-order valence-electron chi connectivity index (χ1n) is 3.83. The van der Waals surface area contributed by atoms with Gasteiger partial charge in [0.05, 0.1) is 9.26 Å². The van der Waals surface area contributed by atoms with E-state index >= 15 is 0 Å². The lowest BCUT2D eigenvalue weighted by atomic mass is 10.1. The molecule has 1 atom stereocenters. The van der Waals surface area contributed by atoms with Gasteiger partial charge in [0, 0.05) is 6.20 Å². The standard InChI is InChI=1S/C8H10FIN2/c1-3-5(2)7-6(10)4-11-8(9)12-7/h4-5H,3H2,1-2H3. The first kappa shape index (κ1) is 9.83. The first-order chi connectivity index (χ1) is 5.65. The van der Waals surface area contributed by atoms with Crippen LogP contribution in [0.15, 0.2) is 6.20 Å². The zero-order chi connectivity index (χ0) is 9.14. The fourth-order valence-corrected chi connectivity index (χ4v) is 1.69. The van der Waals surface area contributed by atoms with Gasteiger partial charge in [-0.1, -0.05) is 13.8 Å². The van der Waals surface area contributed by atoms with Crippen molar-refractivity contribution in [2.75, 3.05) is 0 Å². The van der Waals surface area contributed by atoms with Crippen LogP contribution in [-0.2, 0) is 0 Å². The summed E-state index contributed by atoms with van der Waals surface area (Å²) in [6, 6.07) is 0. The minimum Gasteiger partial charge on any atom is -0.210 e. The molecule has 1 rings (SSSR count). The summed E-state index contributed by atoms with van der Waals surface area (Å²) in [5.41, 5.74) is 0.811. The molecule has 0 saturated heterocycles. The summed E-state index contributed by atoms with van der Waals surface area (Å²) in [7, 11) is 0. The molecular formula is C8H10FIN2. The largest absolute Gasteiger partial charge is 0.308 e. The lowest BCUT2D eigenvalue weighted by molar-refractivity contribution is 0.521. The summed E-state index contributed by atoms with van der Waals surface area (Å²) >= 11 is 2.12. The Kier molecular flexibility index (Phi) is 3.37. The molecule has 66 valence electrons. The topological polar surface area (TPSA) is 25.8 Å². The Morgan fingerprint density at radius 3 is 2.92 bits per heavy atom. The summed E-state index contributed by atoms with van der Waals surface area (Å²) in [6.45, 7) is 4.09. The van der Waals surface area contributed by atoms with Crippen molar-refractivity contribution in [3.63, 3.8) is 0 Å². The van der Waals surface area contributed by atoms with Crippen LogP contribution in [0.25, 0.3) is 0 Å². The van der Waals surface area contributed by atoms with Crippen LogP contribution in [0.2, 0.25) is 0 Å². The highest BCUT2D eigenvalue weighted by Gasteiger charge is 2.10. The second-order valence-corrected chi connectivity index (χ2v) is 3.84. The van der Waals surface area contributed by atoms with Crippen molar-refractivity contribution in [2.45, 2.75) is 26.2 Å². The minimum atomic E-state index is -0.634. The molecule has 0 aliphatic carbocycles. The first-order valence-corrected chi connectivity index (χ1v) is 4.91. The van der Waals surface area contributed by atoms with Gasteiger partial charge in [0.1, 0.15) is 0 Å². The van der Waals surface area contributed by atoms with Crippen molar-refractivity contribution >= 4 is 22.6 Å². The van der Waals surface area contributed by atoms with Crippen LogP contribution in [0, 0.1) is 9.65 Å². The molecule has 0 N–H and O–H groups in total. The van der Waals surface area contributed by atoms with Crippen LogP contribution >= 0.6 is 22.6 Å². The quantitative estimate of drug-likeness (QED) is 0.615. The van der Waals surface area contributed by atoms with E-state index in [0.29, 0.717) is 5.92 Å². The van der Waals surface area contributed by atoms with Crippen molar-refractivity contribution < 1.29 is 4.39 Å². The summed E-state index contributed by atoms with van der Waals surface area (Å²) in [5, 5.41) is 0. The molecule has 0 aliphatic rings. The highest BCUT2D eigenvalue weighted by molar-refractivity contribution is 14.1. The van der Waals surface area contributed by atoms with Gasteiger partial charge < -0.3 is 0 Å². The number of hydrogen-bond donors (Lipinski definition) is 0. The number of nitrogens with zero attached hydrogens (tertiary/aromatic N) is 2. The van der Waals surface area contributed by atoms with Crippen LogP contribution in [-0.4, -0.2) is 9.97 Å². The molecular weight excluding hydrogens is 270 g/mol. The van der Waals surface area contributed by atoms with E-state index in [9.17, 15) is 4.39 Å². The number of halogens is 2. The van der Waals surface area contributed by atoms with E-state index in [-0.39, 0.29) is 0 Å². The number of hydrogen-bond acceptors (Lipinski definition) is 2. The zero-order valence-electron chi connectivity index (χ0n) is 7.01. The Morgan fingerprint density at radius 1 is 1.67 bits per heavy atom. The van der Waals surface area contributed by atoms with E-state index in [1.807, 2.05) is 6.92 Å². The Labute approximate surface area is 84.8 Å². The normalized spacial score (nSPS) is 13.0. The van der Waals surface area contributed by atoms with Gasteiger partial charge in [-0.15, -0.1) is 0 Å². The van der Waals surface area contributed by atoms with Crippen molar-refractivity contribution in [1.82, 2.24) is 9.97 Å². The third-order valence-electron chi connectivity index (χ3n) is 1.82. The van der Waals surface area contributed by atoms with Crippen molar-refractivity contribution in [1.29, 1.82) is 0 Å². The Morgan fingerprint density at radius 2 is 2.33 bits per heavy atom. The van der Waals surface area contributed by atoms with E-state index in [1.165, 1.54) is 6.20 Å². The average Bonchev–Trinajstić information content (AvgIpc) is 2.08. The van der Waals surface area contributed by atoms with Gasteiger partial charge >= 0.3 is 6.08 Å². The highest BCUT2D eigenvalue weighted by Crippen LogP contribution is 2.20. The van der Waals surface area contributed by atoms with Crippen molar-refractivity contribution in [3.05, 3.63) is 21.5 Å². The maximum absolute atomic E-state index is 12.6. The Hall–Kier alpha value is -0.260. The smallest absolute Gasteiger partial charge is 0.210 e. The van der Waals surface area contributed by atoms with Crippen LogP contribution < -0.4 is 0 Å². The van der Waals surface area contributed by atoms with E-state index < -0.39 is 6.08 Å². The molecule has 12 heavy (non-hydrogen) atoms. The van der Waals surface area contributed by atoms with E-state index in [4.69, 9.17) is 0 Å². The summed E-state index contributed by atoms with van der Waals surface area (Å²) in [5.74, 6) is 0.300. The molecule has 0 aromatic carbocycles. The third kappa shape index (κ3) is 2.12. The van der Waals surface area contributed by atoms with Crippen LogP contribution in [0.1, 0.15) is 31.9 Å². The van der Waals surface area contributed by atoms with Gasteiger partial charge in [-0.25, -0.2) is 9.97 Å². The van der Waals surface area contributed by atoms with E-state index in [2.05, 4.69) is 39.5 Å². The molecule has 0 radical (unpaired) electrons. The minimum absolute atomic E-state index is 0.300. The maximum Gasteiger partial charge on any atom is 0.308 e. The fraction of sp³-hybridized carbons (Fsp3) is 0.500. The van der Waals surface area contributed by atoms with Gasteiger partial charge in [0.2, 0.25) is 0 Å². The SMILES string of the molecule is CCC(C)c1nc(F)ncc1I. The maximum atomic E-state index is 12.6. The summed E-state index contributed by atoms with van der Waals surface area (Å²) in [4.78, 5) is 7.23. The summed E-state index contributed by atoms with van der Waals surface area (Å²) in [6.07, 6.45) is 1.85. The molecule has 0 spiro atoms. The van der Waals surface area contributed by atoms with Crippen LogP contribution in [0.3, 0.4) is 0 Å². The predicted molar refractivity (Wildman–Crippen MR) is 53.4 cm³/mol. The zero-order valence-corrected chi connectivity index (χ0v) is 9.17. The van der Waals surface area contributed by atoms with Gasteiger partial charge in [-0.3, -0.25) is 0 Å². The van der Waals surface area contributed by atoms with Gasteiger partial charge in [0.15, 0.2) is 0 Å². The van der Waals surface area contributed by atoms with Crippen molar-refractivity contribution in [2.24, 2.45) is 0 Å². The Balaban J connectivity index is 3.04. The second kappa shape index (κ2) is 4.11. The number of aromatic nitrogens is 2. The lowest BCUT2D eigenvalue weighted by Gasteiger charge is -2.08. The fourth-order valence-electron chi connectivity index (χ4n) is 0.897. The molecule has 1 aromatic rings. The van der Waals surface area contributed by atoms with Crippen molar-refractivity contribution in [3.8, 4) is 0 Å². The lowest BCUT2D eigenvalue weighted by Crippen LogP contribution is -2.02. The van der Waals surface area contributed by atoms with Crippen LogP contribution in [0.4, 0.5) is 4.39 Å². The van der Waals surface area contributed by atoms with Gasteiger partial charge in [-0.2, -0.15) is 4.39 Å². The Bertz CT molecular complexity index is 278. The van der Waals surface area contributed by atoms with E-state index in [0.717, 1.165) is 15.7 Å². The van der Waals surface area contributed by atoms with Crippen LogP contribution in [0.5, 0.6) is 0 Å². The average molecular weight is 280 g/mol. The van der Waals surface area contributed by atoms with Gasteiger partial charge in [-0.05, 0) is 34.9 Å². The third-order valence-corrected chi connectivity index (χ3v) is 2.65. The highest BCUT2D eigenvalue weighted by atomic mass is 127. The molecule has 1 heterocycles. The van der Waals surface area contributed by atoms with E-state index in [1.54, 1.807) is 0 Å². The molecule has 0 aliphatic heterocycles. The molecule has 1 unspecified atom stereocenters. The molecule has 0 saturated carbocycles. The molecule has 0 amide bonds.